The maximum atomic E-state index is 5.99. The third-order valence-electron chi connectivity index (χ3n) is 3.21. The Balaban J connectivity index is 1.79. The van der Waals surface area contributed by atoms with Gasteiger partial charge in [-0.1, -0.05) is 22.9 Å². The molecule has 0 aromatic heterocycles. The highest BCUT2D eigenvalue weighted by atomic mass is 79.9. The fourth-order valence-corrected chi connectivity index (χ4v) is 2.58. The second-order valence-electron chi connectivity index (χ2n) is 4.77. The number of hydrogen-bond acceptors (Lipinski definition) is 2. The maximum absolute atomic E-state index is 5.99. The minimum Gasteiger partial charge on any atom is -0.490 e. The van der Waals surface area contributed by atoms with Gasteiger partial charge in [-0.05, 0) is 56.5 Å². The number of benzene rings is 1. The molecule has 2 rings (SSSR count). The first-order valence-electron chi connectivity index (χ1n) is 6.35. The number of hydrogen-bond donors (Lipinski definition) is 1. The molecule has 1 fully saturated rings. The Morgan fingerprint density at radius 1 is 1.41 bits per heavy atom. The summed E-state index contributed by atoms with van der Waals surface area (Å²) in [7, 11) is 0. The lowest BCUT2D eigenvalue weighted by atomic mass is 9.89. The van der Waals surface area contributed by atoms with Crippen LogP contribution in [0.25, 0.3) is 0 Å². The van der Waals surface area contributed by atoms with Gasteiger partial charge < -0.3 is 10.1 Å². The minimum atomic E-state index is 0.393. The van der Waals surface area contributed by atoms with Crippen molar-refractivity contribution in [3.8, 4) is 5.75 Å². The van der Waals surface area contributed by atoms with Crippen LogP contribution in [0.3, 0.4) is 0 Å². The Labute approximate surface area is 112 Å². The predicted octanol–water partition coefficient (Wildman–Crippen LogP) is 3.67. The van der Waals surface area contributed by atoms with Gasteiger partial charge in [0, 0.05) is 10.5 Å². The Morgan fingerprint density at radius 3 is 2.82 bits per heavy atom. The smallest absolute Gasteiger partial charge is 0.122 e. The predicted molar refractivity (Wildman–Crippen MR) is 74.6 cm³/mol. The molecular weight excluding hydrogens is 278 g/mol. The van der Waals surface area contributed by atoms with E-state index in [1.165, 1.54) is 12.0 Å². The molecule has 0 aliphatic heterocycles. The van der Waals surface area contributed by atoms with Crippen LogP contribution in [-0.2, 0) is 0 Å². The highest BCUT2D eigenvalue weighted by Crippen LogP contribution is 2.29. The summed E-state index contributed by atoms with van der Waals surface area (Å²) in [5.41, 5.74) is 1.20. The molecule has 1 aliphatic carbocycles. The fourth-order valence-electron chi connectivity index (χ4n) is 2.10. The summed E-state index contributed by atoms with van der Waals surface area (Å²) in [6.45, 7) is 5.41. The number of aryl methyl sites for hydroxylation is 1. The summed E-state index contributed by atoms with van der Waals surface area (Å²) in [5, 5.41) is 3.52. The summed E-state index contributed by atoms with van der Waals surface area (Å²) < 4.78 is 7.10. The lowest BCUT2D eigenvalue weighted by molar-refractivity contribution is 0.0845. The van der Waals surface area contributed by atoms with E-state index in [0.717, 1.165) is 29.6 Å². The molecule has 0 saturated heterocycles. The molecule has 1 saturated carbocycles. The van der Waals surface area contributed by atoms with Gasteiger partial charge in [0.05, 0.1) is 0 Å². The van der Waals surface area contributed by atoms with Crippen molar-refractivity contribution in [2.45, 2.75) is 45.3 Å². The molecule has 0 spiro atoms. The Bertz CT molecular complexity index is 374. The molecule has 0 unspecified atom stereocenters. The molecule has 0 bridgehead atoms. The Morgan fingerprint density at radius 2 is 2.18 bits per heavy atom. The zero-order valence-corrected chi connectivity index (χ0v) is 12.1. The van der Waals surface area contributed by atoms with Crippen molar-refractivity contribution in [1.29, 1.82) is 0 Å². The van der Waals surface area contributed by atoms with Gasteiger partial charge in [-0.25, -0.2) is 0 Å². The largest absolute Gasteiger partial charge is 0.490 e. The zero-order chi connectivity index (χ0) is 12.3. The van der Waals surface area contributed by atoms with Gasteiger partial charge in [0.15, 0.2) is 0 Å². The second-order valence-corrected chi connectivity index (χ2v) is 5.69. The van der Waals surface area contributed by atoms with Crippen molar-refractivity contribution in [2.75, 3.05) is 6.54 Å². The third-order valence-corrected chi connectivity index (χ3v) is 3.70. The van der Waals surface area contributed by atoms with Crippen LogP contribution in [0.5, 0.6) is 5.75 Å². The van der Waals surface area contributed by atoms with Gasteiger partial charge >= 0.3 is 0 Å². The molecule has 0 heterocycles. The first-order valence-corrected chi connectivity index (χ1v) is 7.14. The SMILES string of the molecule is CCCNC1CC(Oc2ccc(Br)cc2C)C1. The maximum Gasteiger partial charge on any atom is 0.122 e. The lowest BCUT2D eigenvalue weighted by Crippen LogP contribution is -2.47. The Kier molecular flexibility index (Phi) is 4.46. The molecule has 3 heteroatoms. The topological polar surface area (TPSA) is 21.3 Å². The summed E-state index contributed by atoms with van der Waals surface area (Å²) in [6, 6.07) is 6.84. The van der Waals surface area contributed by atoms with E-state index in [1.807, 2.05) is 12.1 Å². The zero-order valence-electron chi connectivity index (χ0n) is 10.5. The number of nitrogens with one attached hydrogen (secondary N) is 1. The molecule has 0 atom stereocenters. The van der Waals surface area contributed by atoms with Gasteiger partial charge in [-0.2, -0.15) is 0 Å². The highest BCUT2D eigenvalue weighted by molar-refractivity contribution is 9.10. The van der Waals surface area contributed by atoms with Gasteiger partial charge in [-0.3, -0.25) is 0 Å². The molecule has 2 nitrogen and oxygen atoms in total. The van der Waals surface area contributed by atoms with Gasteiger partial charge in [0.1, 0.15) is 11.9 Å². The molecule has 1 aliphatic rings. The van der Waals surface area contributed by atoms with Gasteiger partial charge in [-0.15, -0.1) is 0 Å². The third kappa shape index (κ3) is 3.46. The van der Waals surface area contributed by atoms with Crippen molar-refractivity contribution >= 4 is 15.9 Å². The summed E-state index contributed by atoms with van der Waals surface area (Å²) in [4.78, 5) is 0. The van der Waals surface area contributed by atoms with Crippen molar-refractivity contribution in [2.24, 2.45) is 0 Å². The first kappa shape index (κ1) is 12.9. The molecule has 1 aromatic rings. The molecule has 0 radical (unpaired) electrons. The number of ether oxygens (including phenoxy) is 1. The lowest BCUT2D eigenvalue weighted by Gasteiger charge is -2.36. The molecule has 17 heavy (non-hydrogen) atoms. The van der Waals surface area contributed by atoms with E-state index < -0.39 is 0 Å². The van der Waals surface area contributed by atoms with Crippen molar-refractivity contribution < 1.29 is 4.74 Å². The van der Waals surface area contributed by atoms with Crippen LogP contribution < -0.4 is 10.1 Å². The highest BCUT2D eigenvalue weighted by Gasteiger charge is 2.30. The molecular formula is C14H20BrNO. The monoisotopic (exact) mass is 297 g/mol. The van der Waals surface area contributed by atoms with Gasteiger partial charge in [0.2, 0.25) is 0 Å². The first-order chi connectivity index (χ1) is 8.19. The van der Waals surface area contributed by atoms with Crippen LogP contribution in [0.4, 0.5) is 0 Å². The quantitative estimate of drug-likeness (QED) is 0.895. The van der Waals surface area contributed by atoms with Crippen LogP contribution in [0, 0.1) is 6.92 Å². The molecule has 94 valence electrons. The van der Waals surface area contributed by atoms with E-state index in [-0.39, 0.29) is 0 Å². The van der Waals surface area contributed by atoms with Crippen LogP contribution in [0.1, 0.15) is 31.7 Å². The Hall–Kier alpha value is -0.540. The molecule has 1 aromatic carbocycles. The van der Waals surface area contributed by atoms with Crippen LogP contribution in [0.2, 0.25) is 0 Å². The fraction of sp³-hybridized carbons (Fsp3) is 0.571. The number of rotatable bonds is 5. The molecule has 1 N–H and O–H groups in total. The summed E-state index contributed by atoms with van der Waals surface area (Å²) in [5.74, 6) is 1.02. The van der Waals surface area contributed by atoms with Crippen molar-refractivity contribution in [3.63, 3.8) is 0 Å². The van der Waals surface area contributed by atoms with E-state index in [2.05, 4.69) is 41.2 Å². The average molecular weight is 298 g/mol. The van der Waals surface area contributed by atoms with E-state index in [0.29, 0.717) is 12.1 Å². The van der Waals surface area contributed by atoms with E-state index in [4.69, 9.17) is 4.74 Å². The van der Waals surface area contributed by atoms with Crippen molar-refractivity contribution in [1.82, 2.24) is 5.32 Å². The van der Waals surface area contributed by atoms with Crippen LogP contribution in [0.15, 0.2) is 22.7 Å². The second kappa shape index (κ2) is 5.87. The average Bonchev–Trinajstić information content (AvgIpc) is 2.24. The van der Waals surface area contributed by atoms with E-state index in [1.54, 1.807) is 0 Å². The van der Waals surface area contributed by atoms with Gasteiger partial charge in [0.25, 0.3) is 0 Å². The van der Waals surface area contributed by atoms with E-state index >= 15 is 0 Å². The van der Waals surface area contributed by atoms with Crippen molar-refractivity contribution in [3.05, 3.63) is 28.2 Å². The van der Waals surface area contributed by atoms with E-state index in [9.17, 15) is 0 Å². The minimum absolute atomic E-state index is 0.393. The molecule has 0 amide bonds. The van der Waals surface area contributed by atoms with Crippen LogP contribution in [-0.4, -0.2) is 18.7 Å². The standard InChI is InChI=1S/C14H20BrNO/c1-3-6-16-12-8-13(9-12)17-14-5-4-11(15)7-10(14)2/h4-5,7,12-13,16H,3,6,8-9H2,1-2H3. The normalized spacial score (nSPS) is 23.2. The summed E-state index contributed by atoms with van der Waals surface area (Å²) in [6.07, 6.45) is 3.86. The van der Waals surface area contributed by atoms with Crippen LogP contribution >= 0.6 is 15.9 Å². The number of halogens is 1. The summed E-state index contributed by atoms with van der Waals surface area (Å²) >= 11 is 3.47.